The standard InChI is InChI=1S/C64H86FN13O9S/c1-40-31-76(35-56(79)78-38-64(11,12)57-53(78)25-45(59(80)72-57)24-44-14-16-46(65)17-15-44)47(33-77(40)61(81)87-62(5,6)7)32-75-34-49(85-36-41(75)2)37-86-48-28-67-60(68-29-48)74-21-19-73(20-22-74)18-13-23-84-54-27-51-50(26-55(54)88(82,83)63(8,9)10)58(70-39-69-51)71-52-30-66-43(4)42(52)3/h14-17,25-29,39-41,47,49,66H,13,18-24,30-38H2,1-12H3,(H,72,80)/t40-,41-,47+,49-/m1/s1. The highest BCUT2D eigenvalue weighted by atomic mass is 32.2. The molecule has 0 saturated carbocycles. The van der Waals surface area contributed by atoms with E-state index in [-0.39, 0.29) is 71.7 Å². The summed E-state index contributed by atoms with van der Waals surface area (Å²) >= 11 is 0. The molecule has 2 amide bonds. The van der Waals surface area contributed by atoms with E-state index < -0.39 is 31.7 Å². The Morgan fingerprint density at radius 1 is 0.898 bits per heavy atom. The smallest absolute Gasteiger partial charge is 0.410 e. The van der Waals surface area contributed by atoms with Crippen LogP contribution in [-0.4, -0.2) is 204 Å². The molecule has 4 atom stereocenters. The number of sulfone groups is 1. The van der Waals surface area contributed by atoms with Gasteiger partial charge in [-0.25, -0.2) is 42.5 Å². The second-order valence-corrected chi connectivity index (χ2v) is 29.4. The van der Waals surface area contributed by atoms with Crippen molar-refractivity contribution in [2.45, 2.75) is 141 Å². The van der Waals surface area contributed by atoms with E-state index in [4.69, 9.17) is 33.9 Å². The molecule has 10 rings (SSSR count). The molecule has 0 spiro atoms. The van der Waals surface area contributed by atoms with Gasteiger partial charge in [-0.2, -0.15) is 0 Å². The number of nitrogens with one attached hydrogen (secondary N) is 2. The number of rotatable bonds is 17. The molecule has 88 heavy (non-hydrogen) atoms. The molecule has 3 fully saturated rings. The van der Waals surface area contributed by atoms with Gasteiger partial charge in [0, 0.05) is 124 Å². The molecular weight excluding hydrogens is 1150 g/mol. The quantitative estimate of drug-likeness (QED) is 0.0886. The number of benzene rings is 2. The van der Waals surface area contributed by atoms with E-state index in [2.05, 4.69) is 46.8 Å². The van der Waals surface area contributed by atoms with E-state index in [9.17, 15) is 27.2 Å². The molecule has 22 nitrogen and oxygen atoms in total. The first-order chi connectivity index (χ1) is 41.6. The molecule has 2 N–H and O–H groups in total. The molecule has 0 bridgehead atoms. The third-order valence-electron chi connectivity index (χ3n) is 17.3. The number of morpholine rings is 1. The number of anilines is 2. The Bertz CT molecular complexity index is 3620. The molecule has 474 valence electrons. The maximum atomic E-state index is 14.7. The van der Waals surface area contributed by atoms with E-state index in [0.717, 1.165) is 55.3 Å². The van der Waals surface area contributed by atoms with Gasteiger partial charge in [0.25, 0.3) is 5.56 Å². The number of fused-ring (bicyclic) bond motifs is 2. The highest BCUT2D eigenvalue weighted by molar-refractivity contribution is 7.92. The van der Waals surface area contributed by atoms with Crippen LogP contribution in [0.1, 0.15) is 106 Å². The number of amides is 2. The fraction of sp³-hybridized carbons (Fsp3) is 0.562. The van der Waals surface area contributed by atoms with Gasteiger partial charge in [0.15, 0.2) is 21.4 Å². The number of pyridine rings is 1. The van der Waals surface area contributed by atoms with Crippen LogP contribution in [0, 0.1) is 5.82 Å². The molecule has 3 aromatic heterocycles. The molecule has 0 aliphatic carbocycles. The van der Waals surface area contributed by atoms with Crippen LogP contribution in [0.3, 0.4) is 0 Å². The first-order valence-electron chi connectivity index (χ1n) is 30.6. The lowest BCUT2D eigenvalue weighted by molar-refractivity contribution is -0.122. The summed E-state index contributed by atoms with van der Waals surface area (Å²) in [4.78, 5) is 80.8. The van der Waals surface area contributed by atoms with Crippen LogP contribution < -0.4 is 30.1 Å². The third-order valence-corrected chi connectivity index (χ3v) is 19.9. The number of aromatic amines is 1. The van der Waals surface area contributed by atoms with Gasteiger partial charge in [0.1, 0.15) is 41.1 Å². The Hall–Kier alpha value is -7.12. The summed E-state index contributed by atoms with van der Waals surface area (Å²) < 4.78 is 65.6. The molecule has 5 aliphatic heterocycles. The van der Waals surface area contributed by atoms with Crippen LogP contribution >= 0.6 is 0 Å². The van der Waals surface area contributed by atoms with Crippen molar-refractivity contribution < 1.29 is 41.3 Å². The van der Waals surface area contributed by atoms with Crippen LogP contribution in [-0.2, 0) is 35.9 Å². The van der Waals surface area contributed by atoms with Crippen molar-refractivity contribution in [1.82, 2.24) is 49.8 Å². The van der Waals surface area contributed by atoms with E-state index in [0.29, 0.717) is 104 Å². The number of piperazine rings is 2. The molecule has 2 aromatic carbocycles. The van der Waals surface area contributed by atoms with E-state index >= 15 is 0 Å². The number of ether oxygens (including phenoxy) is 4. The normalized spacial score (nSPS) is 21.9. The lowest BCUT2D eigenvalue weighted by atomic mass is 9.91. The highest BCUT2D eigenvalue weighted by Crippen LogP contribution is 2.40. The number of carbonyl (C=O) groups excluding carboxylic acids is 2. The van der Waals surface area contributed by atoms with Crippen molar-refractivity contribution >= 4 is 55.9 Å². The number of aliphatic imine (C=N–C) groups is 1. The Kier molecular flexibility index (Phi) is 18.7. The maximum absolute atomic E-state index is 14.7. The van der Waals surface area contributed by atoms with Crippen molar-refractivity contribution in [2.75, 3.05) is 108 Å². The molecule has 0 radical (unpaired) electrons. The van der Waals surface area contributed by atoms with Gasteiger partial charge >= 0.3 is 6.09 Å². The van der Waals surface area contributed by atoms with Crippen molar-refractivity contribution in [3.63, 3.8) is 0 Å². The second-order valence-electron chi connectivity index (χ2n) is 26.7. The van der Waals surface area contributed by atoms with Gasteiger partial charge in [-0.15, -0.1) is 0 Å². The maximum Gasteiger partial charge on any atom is 0.410 e. The Labute approximate surface area is 515 Å². The number of hydrogen-bond acceptors (Lipinski definition) is 19. The molecular formula is C64H86FN13O9S. The fourth-order valence-corrected chi connectivity index (χ4v) is 13.3. The van der Waals surface area contributed by atoms with Crippen LogP contribution in [0.2, 0.25) is 0 Å². The molecule has 8 heterocycles. The number of hydrogen-bond donors (Lipinski definition) is 2. The predicted octanol–water partition coefficient (Wildman–Crippen LogP) is 7.07. The van der Waals surface area contributed by atoms with Gasteiger partial charge in [-0.1, -0.05) is 26.0 Å². The molecule has 5 aliphatic rings. The first kappa shape index (κ1) is 63.9. The average Bonchev–Trinajstić information content (AvgIpc) is 1.77. The minimum absolute atomic E-state index is 0.0308. The van der Waals surface area contributed by atoms with Crippen LogP contribution in [0.4, 0.5) is 26.6 Å². The number of aromatic nitrogens is 5. The first-order valence-corrected chi connectivity index (χ1v) is 32.1. The van der Waals surface area contributed by atoms with Gasteiger partial charge < -0.3 is 43.9 Å². The van der Waals surface area contributed by atoms with E-state index in [1.807, 2.05) is 55.4 Å². The minimum atomic E-state index is -3.83. The van der Waals surface area contributed by atoms with Crippen molar-refractivity contribution in [3.05, 3.63) is 105 Å². The SMILES string of the molecule is CC1=C(C)C(=Nc2ncnc3cc(OCCCN4CCN(c5ncc(OC[C@H]6CN(C[C@H]7CN(C(=O)OC(C)(C)C)[C@H](C)CN7CC(=O)N7CC(C)(C)c8[nH]c(=O)c(Cc9ccc(F)cc9)cc87)[C@H](C)CO6)cn5)CC4)c(S(=O)(=O)C(C)(C)C)cc23)CN1. The van der Waals surface area contributed by atoms with Crippen molar-refractivity contribution in [3.8, 4) is 11.5 Å². The third kappa shape index (κ3) is 14.5. The monoisotopic (exact) mass is 1230 g/mol. The molecule has 3 saturated heterocycles. The highest BCUT2D eigenvalue weighted by Gasteiger charge is 2.44. The topological polar surface area (TPSA) is 233 Å². The summed E-state index contributed by atoms with van der Waals surface area (Å²) in [6, 6.07) is 10.7. The zero-order valence-electron chi connectivity index (χ0n) is 53.0. The van der Waals surface area contributed by atoms with E-state index in [1.165, 1.54) is 18.5 Å². The predicted molar refractivity (Wildman–Crippen MR) is 336 cm³/mol. The van der Waals surface area contributed by atoms with Crippen LogP contribution in [0.5, 0.6) is 11.5 Å². The van der Waals surface area contributed by atoms with Gasteiger partial charge in [0.2, 0.25) is 11.9 Å². The zero-order valence-corrected chi connectivity index (χ0v) is 53.8. The molecule has 5 aromatic rings. The van der Waals surface area contributed by atoms with Gasteiger partial charge in [0.05, 0.1) is 60.4 Å². The second kappa shape index (κ2) is 25.8. The molecule has 0 unspecified atom stereocenters. The Balaban J connectivity index is 0.729. The minimum Gasteiger partial charge on any atom is -0.492 e. The summed E-state index contributed by atoms with van der Waals surface area (Å²) in [5.41, 5.74) is 4.64. The Morgan fingerprint density at radius 2 is 1.62 bits per heavy atom. The Morgan fingerprint density at radius 3 is 2.31 bits per heavy atom. The fourth-order valence-electron chi connectivity index (χ4n) is 12.0. The van der Waals surface area contributed by atoms with Crippen LogP contribution in [0.25, 0.3) is 10.9 Å². The largest absolute Gasteiger partial charge is 0.492 e. The van der Waals surface area contributed by atoms with Crippen LogP contribution in [0.15, 0.2) is 87.1 Å². The van der Waals surface area contributed by atoms with E-state index in [1.54, 1.807) is 73.3 Å². The lowest BCUT2D eigenvalue weighted by Crippen LogP contribution is -2.65. The van der Waals surface area contributed by atoms with Gasteiger partial charge in [-0.3, -0.25) is 24.3 Å². The number of halogens is 1. The summed E-state index contributed by atoms with van der Waals surface area (Å²) in [7, 11) is -3.83. The van der Waals surface area contributed by atoms with Crippen molar-refractivity contribution in [2.24, 2.45) is 4.99 Å². The summed E-state index contributed by atoms with van der Waals surface area (Å²) in [6.07, 6.45) is 5.09. The lowest BCUT2D eigenvalue weighted by Gasteiger charge is -2.48. The summed E-state index contributed by atoms with van der Waals surface area (Å²) in [5.74, 6) is 1.32. The summed E-state index contributed by atoms with van der Waals surface area (Å²) in [6.45, 7) is 30.4. The number of carbonyl (C=O) groups is 2. The number of H-pyrrole nitrogens is 1. The average molecular weight is 1230 g/mol. The zero-order chi connectivity index (χ0) is 63.0. The molecule has 24 heteroatoms. The summed E-state index contributed by atoms with van der Waals surface area (Å²) in [5, 5.41) is 3.84. The number of nitrogens with zero attached hydrogens (tertiary/aromatic N) is 11. The van der Waals surface area contributed by atoms with Gasteiger partial charge in [-0.05, 0) is 111 Å². The number of allylic oxidation sites excluding steroid dienone is 1. The van der Waals surface area contributed by atoms with Crippen molar-refractivity contribution in [1.29, 1.82) is 0 Å².